The first-order valence-electron chi connectivity index (χ1n) is 4.83. The third kappa shape index (κ3) is 3.06. The normalized spacial score (nSPS) is 10.3. The van der Waals surface area contributed by atoms with Crippen LogP contribution in [0.25, 0.3) is 0 Å². The minimum atomic E-state index is 0.237. The fraction of sp³-hybridized carbons (Fsp3) is 0.0909. The van der Waals surface area contributed by atoms with Gasteiger partial charge in [0.25, 0.3) is 0 Å². The minimum Gasteiger partial charge on any atom is -0.424 e. The van der Waals surface area contributed by atoms with Gasteiger partial charge in [-0.15, -0.1) is 0 Å². The summed E-state index contributed by atoms with van der Waals surface area (Å²) in [6.07, 6.45) is 3.22. The number of aromatic nitrogens is 2. The van der Waals surface area contributed by atoms with Gasteiger partial charge in [-0.25, -0.2) is 9.97 Å². The van der Waals surface area contributed by atoms with Gasteiger partial charge in [-0.05, 0) is 12.1 Å². The second-order valence-corrected chi connectivity index (χ2v) is 4.07. The summed E-state index contributed by atoms with van der Waals surface area (Å²) >= 11 is 11.6. The van der Waals surface area contributed by atoms with E-state index in [1.165, 1.54) is 0 Å². The van der Waals surface area contributed by atoms with Crippen molar-refractivity contribution in [2.45, 2.75) is 6.54 Å². The molecule has 2 aromatic rings. The molecule has 1 aromatic heterocycles. The molecule has 0 saturated heterocycles. The van der Waals surface area contributed by atoms with Gasteiger partial charge >= 0.3 is 6.01 Å². The number of ether oxygens (including phenoxy) is 1. The third-order valence-corrected chi connectivity index (χ3v) is 2.76. The average Bonchev–Trinajstić information content (AvgIpc) is 2.35. The first kappa shape index (κ1) is 12.1. The molecule has 17 heavy (non-hydrogen) atoms. The third-order valence-electron chi connectivity index (χ3n) is 2.02. The predicted octanol–water partition coefficient (Wildman–Crippen LogP) is 3.03. The van der Waals surface area contributed by atoms with Crippen LogP contribution in [-0.4, -0.2) is 9.97 Å². The molecule has 0 spiro atoms. The maximum Gasteiger partial charge on any atom is 0.321 e. The first-order chi connectivity index (χ1) is 8.19. The van der Waals surface area contributed by atoms with Crippen LogP contribution >= 0.6 is 23.2 Å². The second-order valence-electron chi connectivity index (χ2n) is 3.26. The van der Waals surface area contributed by atoms with Crippen molar-refractivity contribution in [3.8, 4) is 11.8 Å². The molecule has 0 unspecified atom stereocenters. The molecule has 2 N–H and O–H groups in total. The van der Waals surface area contributed by atoms with Gasteiger partial charge in [0.2, 0.25) is 0 Å². The Kier molecular flexibility index (Phi) is 3.78. The van der Waals surface area contributed by atoms with Crippen LogP contribution in [0, 0.1) is 0 Å². The molecule has 0 radical (unpaired) electrons. The van der Waals surface area contributed by atoms with Crippen LogP contribution in [0.3, 0.4) is 0 Å². The summed E-state index contributed by atoms with van der Waals surface area (Å²) < 4.78 is 5.41. The van der Waals surface area contributed by atoms with E-state index in [4.69, 9.17) is 33.7 Å². The van der Waals surface area contributed by atoms with E-state index < -0.39 is 0 Å². The number of nitrogens with two attached hydrogens (primary N) is 1. The Hall–Kier alpha value is -1.36. The Morgan fingerprint density at radius 1 is 1.12 bits per heavy atom. The molecular weight excluding hydrogens is 261 g/mol. The standard InChI is InChI=1S/C11H9Cl2N3O/c12-9-2-1-8(3-10(9)13)17-11-15-5-7(4-14)6-16-11/h1-3,5-6H,4,14H2. The van der Waals surface area contributed by atoms with Gasteiger partial charge in [-0.1, -0.05) is 23.2 Å². The van der Waals surface area contributed by atoms with Crippen molar-refractivity contribution < 1.29 is 4.74 Å². The molecule has 0 aliphatic carbocycles. The summed E-state index contributed by atoms with van der Waals surface area (Å²) in [5.41, 5.74) is 6.28. The summed E-state index contributed by atoms with van der Waals surface area (Å²) in [6, 6.07) is 5.17. The molecule has 1 aromatic carbocycles. The molecule has 0 atom stereocenters. The maximum atomic E-state index is 5.86. The lowest BCUT2D eigenvalue weighted by molar-refractivity contribution is 0.441. The van der Waals surface area contributed by atoms with Gasteiger partial charge in [0, 0.05) is 30.6 Å². The van der Waals surface area contributed by atoms with Crippen LogP contribution in [-0.2, 0) is 6.54 Å². The van der Waals surface area contributed by atoms with Gasteiger partial charge in [-0.2, -0.15) is 0 Å². The lowest BCUT2D eigenvalue weighted by Gasteiger charge is -2.04. The van der Waals surface area contributed by atoms with E-state index in [9.17, 15) is 0 Å². The fourth-order valence-corrected chi connectivity index (χ4v) is 1.43. The van der Waals surface area contributed by atoms with Gasteiger partial charge in [-0.3, -0.25) is 0 Å². The molecule has 0 fully saturated rings. The molecule has 88 valence electrons. The van der Waals surface area contributed by atoms with Crippen molar-refractivity contribution in [3.63, 3.8) is 0 Å². The molecule has 2 rings (SSSR count). The van der Waals surface area contributed by atoms with Crippen molar-refractivity contribution in [3.05, 3.63) is 46.2 Å². The van der Waals surface area contributed by atoms with Crippen LogP contribution < -0.4 is 10.5 Å². The number of rotatable bonds is 3. The highest BCUT2D eigenvalue weighted by atomic mass is 35.5. The van der Waals surface area contributed by atoms with Crippen LogP contribution in [0.1, 0.15) is 5.56 Å². The van der Waals surface area contributed by atoms with Crippen molar-refractivity contribution in [1.29, 1.82) is 0 Å². The topological polar surface area (TPSA) is 61.0 Å². The van der Waals surface area contributed by atoms with Gasteiger partial charge < -0.3 is 10.5 Å². The highest BCUT2D eigenvalue weighted by molar-refractivity contribution is 6.42. The monoisotopic (exact) mass is 269 g/mol. The quantitative estimate of drug-likeness (QED) is 0.931. The van der Waals surface area contributed by atoms with Crippen molar-refractivity contribution in [2.75, 3.05) is 0 Å². The summed E-state index contributed by atoms with van der Waals surface area (Å²) in [5.74, 6) is 0.528. The summed E-state index contributed by atoms with van der Waals surface area (Å²) in [4.78, 5) is 8.01. The van der Waals surface area contributed by atoms with Gasteiger partial charge in [0.15, 0.2) is 0 Å². The lowest BCUT2D eigenvalue weighted by Crippen LogP contribution is -1.99. The Bertz CT molecular complexity index is 517. The van der Waals surface area contributed by atoms with Crippen molar-refractivity contribution >= 4 is 23.2 Å². The van der Waals surface area contributed by atoms with Gasteiger partial charge in [0.1, 0.15) is 5.75 Å². The summed E-state index contributed by atoms with van der Waals surface area (Å²) in [6.45, 7) is 0.396. The van der Waals surface area contributed by atoms with E-state index in [1.54, 1.807) is 30.6 Å². The van der Waals surface area contributed by atoms with E-state index in [0.29, 0.717) is 22.3 Å². The minimum absolute atomic E-state index is 0.237. The molecule has 0 bridgehead atoms. The largest absolute Gasteiger partial charge is 0.424 e. The van der Waals surface area contributed by atoms with Crippen molar-refractivity contribution in [2.24, 2.45) is 5.73 Å². The van der Waals surface area contributed by atoms with Gasteiger partial charge in [0.05, 0.1) is 10.0 Å². The average molecular weight is 270 g/mol. The molecule has 4 nitrogen and oxygen atoms in total. The van der Waals surface area contributed by atoms with Crippen LogP contribution in [0.4, 0.5) is 0 Å². The Labute approximate surface area is 108 Å². The molecule has 0 amide bonds. The molecule has 0 aliphatic heterocycles. The first-order valence-corrected chi connectivity index (χ1v) is 5.58. The smallest absolute Gasteiger partial charge is 0.321 e. The van der Waals surface area contributed by atoms with E-state index in [2.05, 4.69) is 9.97 Å². The molecular formula is C11H9Cl2N3O. The lowest BCUT2D eigenvalue weighted by atomic mass is 10.3. The Morgan fingerprint density at radius 3 is 2.41 bits per heavy atom. The zero-order valence-corrected chi connectivity index (χ0v) is 10.2. The highest BCUT2D eigenvalue weighted by Crippen LogP contribution is 2.28. The second kappa shape index (κ2) is 5.31. The van der Waals surface area contributed by atoms with E-state index in [-0.39, 0.29) is 6.01 Å². The summed E-state index contributed by atoms with van der Waals surface area (Å²) in [5, 5.41) is 0.890. The van der Waals surface area contributed by atoms with E-state index in [1.807, 2.05) is 0 Å². The number of hydrogen-bond acceptors (Lipinski definition) is 4. The SMILES string of the molecule is NCc1cnc(Oc2ccc(Cl)c(Cl)c2)nc1. The molecule has 0 aliphatic rings. The number of nitrogens with zero attached hydrogens (tertiary/aromatic N) is 2. The zero-order valence-electron chi connectivity index (χ0n) is 8.73. The van der Waals surface area contributed by atoms with E-state index in [0.717, 1.165) is 5.56 Å². The summed E-state index contributed by atoms with van der Waals surface area (Å²) in [7, 11) is 0. The number of hydrogen-bond donors (Lipinski definition) is 1. The predicted molar refractivity (Wildman–Crippen MR) is 66.5 cm³/mol. The molecule has 0 saturated carbocycles. The van der Waals surface area contributed by atoms with E-state index >= 15 is 0 Å². The zero-order chi connectivity index (χ0) is 12.3. The van der Waals surface area contributed by atoms with Crippen LogP contribution in [0.15, 0.2) is 30.6 Å². The number of benzene rings is 1. The molecule has 6 heteroatoms. The van der Waals surface area contributed by atoms with Crippen LogP contribution in [0.5, 0.6) is 11.8 Å². The maximum absolute atomic E-state index is 5.86. The highest BCUT2D eigenvalue weighted by Gasteiger charge is 2.03. The Balaban J connectivity index is 2.16. The number of halogens is 2. The fourth-order valence-electron chi connectivity index (χ4n) is 1.15. The van der Waals surface area contributed by atoms with Crippen molar-refractivity contribution in [1.82, 2.24) is 9.97 Å². The Morgan fingerprint density at radius 2 is 1.82 bits per heavy atom. The van der Waals surface area contributed by atoms with Crippen LogP contribution in [0.2, 0.25) is 10.0 Å². The molecule has 1 heterocycles.